The number of amides is 1. The molecular formula is C11H13FN2O. The summed E-state index contributed by atoms with van der Waals surface area (Å²) in [5.74, 6) is -0.318. The Morgan fingerprint density at radius 1 is 1.53 bits per heavy atom. The molecule has 0 saturated carbocycles. The van der Waals surface area contributed by atoms with Gasteiger partial charge in [0.05, 0.1) is 17.9 Å². The SMILES string of the molecule is CCCN1C(=O)CNc2ccc(F)cc21. The molecule has 1 aromatic rings. The summed E-state index contributed by atoms with van der Waals surface area (Å²) in [6.07, 6.45) is 0.863. The number of nitrogens with zero attached hydrogens (tertiary/aromatic N) is 1. The van der Waals surface area contributed by atoms with Gasteiger partial charge < -0.3 is 10.2 Å². The van der Waals surface area contributed by atoms with Crippen LogP contribution in [0, 0.1) is 5.82 Å². The monoisotopic (exact) mass is 208 g/mol. The van der Waals surface area contributed by atoms with E-state index in [1.807, 2.05) is 6.92 Å². The smallest absolute Gasteiger partial charge is 0.246 e. The third-order valence-electron chi connectivity index (χ3n) is 2.43. The third kappa shape index (κ3) is 1.79. The Bertz CT molecular complexity index is 392. The first-order chi connectivity index (χ1) is 7.22. The van der Waals surface area contributed by atoms with Gasteiger partial charge in [0, 0.05) is 6.54 Å². The van der Waals surface area contributed by atoms with Gasteiger partial charge in [-0.1, -0.05) is 6.92 Å². The molecule has 0 aliphatic carbocycles. The van der Waals surface area contributed by atoms with Crippen molar-refractivity contribution in [1.29, 1.82) is 0 Å². The highest BCUT2D eigenvalue weighted by Gasteiger charge is 2.23. The molecule has 1 aliphatic rings. The fourth-order valence-corrected chi connectivity index (χ4v) is 1.75. The van der Waals surface area contributed by atoms with Crippen LogP contribution in [0.25, 0.3) is 0 Å². The molecule has 80 valence electrons. The van der Waals surface area contributed by atoms with Crippen LogP contribution in [0.2, 0.25) is 0 Å². The van der Waals surface area contributed by atoms with Crippen LogP contribution >= 0.6 is 0 Å². The molecule has 3 nitrogen and oxygen atoms in total. The van der Waals surface area contributed by atoms with E-state index in [2.05, 4.69) is 5.32 Å². The minimum absolute atomic E-state index is 0.00468. The van der Waals surface area contributed by atoms with E-state index in [1.165, 1.54) is 12.1 Å². The molecule has 1 heterocycles. The van der Waals surface area contributed by atoms with Gasteiger partial charge in [0.25, 0.3) is 0 Å². The summed E-state index contributed by atoms with van der Waals surface area (Å²) in [5, 5.41) is 2.97. The number of fused-ring (bicyclic) bond motifs is 1. The first-order valence-corrected chi connectivity index (χ1v) is 5.06. The maximum absolute atomic E-state index is 13.1. The first-order valence-electron chi connectivity index (χ1n) is 5.06. The highest BCUT2D eigenvalue weighted by Crippen LogP contribution is 2.30. The molecule has 0 atom stereocenters. The van der Waals surface area contributed by atoms with E-state index < -0.39 is 0 Å². The van der Waals surface area contributed by atoms with Crippen molar-refractivity contribution in [1.82, 2.24) is 0 Å². The molecule has 15 heavy (non-hydrogen) atoms. The van der Waals surface area contributed by atoms with E-state index in [-0.39, 0.29) is 11.7 Å². The zero-order valence-electron chi connectivity index (χ0n) is 8.59. The summed E-state index contributed by atoms with van der Waals surface area (Å²) in [6, 6.07) is 4.46. The van der Waals surface area contributed by atoms with Crippen LogP contribution in [0.15, 0.2) is 18.2 Å². The topological polar surface area (TPSA) is 32.3 Å². The summed E-state index contributed by atoms with van der Waals surface area (Å²) in [7, 11) is 0. The molecule has 1 aliphatic heterocycles. The normalized spacial score (nSPS) is 14.8. The van der Waals surface area contributed by atoms with Gasteiger partial charge in [0.2, 0.25) is 5.91 Å². The largest absolute Gasteiger partial charge is 0.374 e. The highest BCUT2D eigenvalue weighted by molar-refractivity contribution is 6.02. The Balaban J connectivity index is 2.41. The Kier molecular flexibility index (Phi) is 2.58. The molecule has 0 radical (unpaired) electrons. The zero-order valence-corrected chi connectivity index (χ0v) is 8.59. The van der Waals surface area contributed by atoms with Gasteiger partial charge in [-0.05, 0) is 24.6 Å². The predicted molar refractivity (Wildman–Crippen MR) is 57.5 cm³/mol. The second-order valence-corrected chi connectivity index (χ2v) is 3.56. The van der Waals surface area contributed by atoms with Crippen molar-refractivity contribution in [3.8, 4) is 0 Å². The lowest BCUT2D eigenvalue weighted by atomic mass is 10.2. The van der Waals surface area contributed by atoms with Gasteiger partial charge in [-0.2, -0.15) is 0 Å². The Hall–Kier alpha value is -1.58. The van der Waals surface area contributed by atoms with Gasteiger partial charge in [-0.3, -0.25) is 4.79 Å². The predicted octanol–water partition coefficient (Wildman–Crippen LogP) is 1.99. The van der Waals surface area contributed by atoms with Crippen molar-refractivity contribution in [2.24, 2.45) is 0 Å². The molecule has 1 amide bonds. The lowest BCUT2D eigenvalue weighted by Gasteiger charge is -2.29. The number of rotatable bonds is 2. The summed E-state index contributed by atoms with van der Waals surface area (Å²) < 4.78 is 13.1. The quantitative estimate of drug-likeness (QED) is 0.806. The average molecular weight is 208 g/mol. The lowest BCUT2D eigenvalue weighted by molar-refractivity contribution is -0.117. The second-order valence-electron chi connectivity index (χ2n) is 3.56. The van der Waals surface area contributed by atoms with Crippen LogP contribution in [0.1, 0.15) is 13.3 Å². The molecule has 0 bridgehead atoms. The first kappa shape index (κ1) is 9.96. The number of hydrogen-bond acceptors (Lipinski definition) is 2. The van der Waals surface area contributed by atoms with E-state index in [1.54, 1.807) is 11.0 Å². The number of halogens is 1. The molecule has 0 saturated heterocycles. The molecule has 0 spiro atoms. The van der Waals surface area contributed by atoms with Crippen LogP contribution in [0.3, 0.4) is 0 Å². The fourth-order valence-electron chi connectivity index (χ4n) is 1.75. The van der Waals surface area contributed by atoms with Crippen molar-refractivity contribution < 1.29 is 9.18 Å². The molecule has 1 aromatic carbocycles. The molecule has 1 N–H and O–H groups in total. The van der Waals surface area contributed by atoms with Crippen molar-refractivity contribution in [3.63, 3.8) is 0 Å². The minimum atomic E-state index is -0.314. The summed E-state index contributed by atoms with van der Waals surface area (Å²) >= 11 is 0. The maximum Gasteiger partial charge on any atom is 0.246 e. The second kappa shape index (κ2) is 3.88. The molecule has 0 fully saturated rings. The number of benzene rings is 1. The van der Waals surface area contributed by atoms with Gasteiger partial charge in [-0.15, -0.1) is 0 Å². The van der Waals surface area contributed by atoms with Crippen LogP contribution in [0.5, 0.6) is 0 Å². The number of carbonyl (C=O) groups is 1. The highest BCUT2D eigenvalue weighted by atomic mass is 19.1. The maximum atomic E-state index is 13.1. The van der Waals surface area contributed by atoms with Crippen LogP contribution in [-0.4, -0.2) is 19.0 Å². The third-order valence-corrected chi connectivity index (χ3v) is 2.43. The van der Waals surface area contributed by atoms with Crippen molar-refractivity contribution in [3.05, 3.63) is 24.0 Å². The summed E-state index contributed by atoms with van der Waals surface area (Å²) in [6.45, 7) is 2.92. The van der Waals surface area contributed by atoms with E-state index in [0.717, 1.165) is 12.1 Å². The van der Waals surface area contributed by atoms with E-state index in [0.29, 0.717) is 18.8 Å². The lowest BCUT2D eigenvalue weighted by Crippen LogP contribution is -2.40. The van der Waals surface area contributed by atoms with E-state index in [9.17, 15) is 9.18 Å². The fraction of sp³-hybridized carbons (Fsp3) is 0.364. The Morgan fingerprint density at radius 3 is 3.07 bits per heavy atom. The molecule has 0 aromatic heterocycles. The van der Waals surface area contributed by atoms with Crippen LogP contribution < -0.4 is 10.2 Å². The minimum Gasteiger partial charge on any atom is -0.374 e. The molecule has 0 unspecified atom stereocenters. The van der Waals surface area contributed by atoms with Gasteiger partial charge in [0.15, 0.2) is 0 Å². The zero-order chi connectivity index (χ0) is 10.8. The van der Waals surface area contributed by atoms with E-state index in [4.69, 9.17) is 0 Å². The van der Waals surface area contributed by atoms with Gasteiger partial charge >= 0.3 is 0 Å². The summed E-state index contributed by atoms with van der Waals surface area (Å²) in [4.78, 5) is 13.2. The van der Waals surface area contributed by atoms with Crippen molar-refractivity contribution in [2.75, 3.05) is 23.3 Å². The number of nitrogens with one attached hydrogen (secondary N) is 1. The molecule has 2 rings (SSSR count). The van der Waals surface area contributed by atoms with Crippen LogP contribution in [-0.2, 0) is 4.79 Å². The number of hydrogen-bond donors (Lipinski definition) is 1. The Labute approximate surface area is 87.9 Å². The van der Waals surface area contributed by atoms with Crippen molar-refractivity contribution >= 4 is 17.3 Å². The standard InChI is InChI=1S/C11H13FN2O/c1-2-5-14-10-6-8(12)3-4-9(10)13-7-11(14)15/h3-4,6,13H,2,5,7H2,1H3. The number of carbonyl (C=O) groups excluding carboxylic acids is 1. The van der Waals surface area contributed by atoms with Crippen molar-refractivity contribution in [2.45, 2.75) is 13.3 Å². The Morgan fingerprint density at radius 2 is 2.33 bits per heavy atom. The van der Waals surface area contributed by atoms with Gasteiger partial charge in [-0.25, -0.2) is 4.39 Å². The van der Waals surface area contributed by atoms with E-state index >= 15 is 0 Å². The van der Waals surface area contributed by atoms with Gasteiger partial charge in [0.1, 0.15) is 5.82 Å². The molecule has 4 heteroatoms. The number of anilines is 2. The average Bonchev–Trinajstić information content (AvgIpc) is 2.23. The summed E-state index contributed by atoms with van der Waals surface area (Å²) in [5.41, 5.74) is 1.47. The molecular weight excluding hydrogens is 195 g/mol. The van der Waals surface area contributed by atoms with Crippen LogP contribution in [0.4, 0.5) is 15.8 Å².